The highest BCUT2D eigenvalue weighted by atomic mass is 16.7. The number of esters is 2. The summed E-state index contributed by atoms with van der Waals surface area (Å²) in [6, 6.07) is -0.0564. The Morgan fingerprint density at radius 2 is 2.35 bits per heavy atom. The molecule has 2 aliphatic rings. The van der Waals surface area contributed by atoms with Crippen molar-refractivity contribution in [2.24, 2.45) is 5.16 Å². The van der Waals surface area contributed by atoms with Gasteiger partial charge in [-0.05, 0) is 20.8 Å². The number of carbonyl (C=O) groups is 2. The maximum Gasteiger partial charge on any atom is 0.355 e. The minimum Gasteiger partial charge on any atom is -0.462 e. The number of oxime groups is 1. The van der Waals surface area contributed by atoms with Crippen molar-refractivity contribution in [1.29, 1.82) is 0 Å². The number of morpholine rings is 1. The average Bonchev–Trinajstić information content (AvgIpc) is 2.79. The Morgan fingerprint density at radius 3 is 2.95 bits per heavy atom. The predicted octanol–water partition coefficient (Wildman–Crippen LogP) is 0.0896. The lowest BCUT2D eigenvalue weighted by atomic mass is 9.93. The Balaban J connectivity index is 1.97. The summed E-state index contributed by atoms with van der Waals surface area (Å²) in [5.41, 5.74) is -0.991. The molecule has 2 heterocycles. The second-order valence-electron chi connectivity index (χ2n) is 5.26. The number of ether oxygens (including phenoxy) is 2. The van der Waals surface area contributed by atoms with Gasteiger partial charge in [-0.15, -0.1) is 0 Å². The Labute approximate surface area is 116 Å². The third kappa shape index (κ3) is 2.48. The van der Waals surface area contributed by atoms with Gasteiger partial charge in [0.15, 0.2) is 5.71 Å². The lowest BCUT2D eigenvalue weighted by Gasteiger charge is -2.39. The molecule has 8 heteroatoms. The highest BCUT2D eigenvalue weighted by molar-refractivity contribution is 6.35. The summed E-state index contributed by atoms with van der Waals surface area (Å²) in [5.74, 6) is -1.06. The van der Waals surface area contributed by atoms with Gasteiger partial charge in [0.25, 0.3) is 0 Å². The normalized spacial score (nSPS) is 34.5. The number of hydrogen-bond acceptors (Lipinski definition) is 8. The minimum atomic E-state index is -0.852. The van der Waals surface area contributed by atoms with Crippen LogP contribution in [0.3, 0.4) is 0 Å². The molecule has 8 nitrogen and oxygen atoms in total. The molecule has 0 aromatic heterocycles. The highest BCUT2D eigenvalue weighted by Gasteiger charge is 2.55. The summed E-state index contributed by atoms with van der Waals surface area (Å²) in [5, 5.41) is 12.8. The molecule has 0 amide bonds. The van der Waals surface area contributed by atoms with Gasteiger partial charge in [0.1, 0.15) is 24.9 Å². The summed E-state index contributed by atoms with van der Waals surface area (Å²) in [6.45, 7) is 5.23. The number of cyclic esters (lactones) is 1. The molecule has 0 bridgehead atoms. The van der Waals surface area contributed by atoms with E-state index in [1.807, 2.05) is 6.92 Å². The Kier molecular flexibility index (Phi) is 3.96. The third-order valence-corrected chi connectivity index (χ3v) is 3.52. The Morgan fingerprint density at radius 1 is 1.65 bits per heavy atom. The number of carbonyl (C=O) groups excluding carboxylic acids is 2. The molecule has 0 aliphatic carbocycles. The zero-order valence-electron chi connectivity index (χ0n) is 11.7. The third-order valence-electron chi connectivity index (χ3n) is 3.52. The molecule has 112 valence electrons. The van der Waals surface area contributed by atoms with Gasteiger partial charge in [-0.3, -0.25) is 4.84 Å². The van der Waals surface area contributed by atoms with Crippen molar-refractivity contribution >= 4 is 17.7 Å². The average molecular weight is 286 g/mol. The lowest BCUT2D eigenvalue weighted by Crippen LogP contribution is -2.57. The number of rotatable bonds is 3. The Bertz CT molecular complexity index is 451. The van der Waals surface area contributed by atoms with Crippen molar-refractivity contribution in [2.75, 3.05) is 13.2 Å². The van der Waals surface area contributed by atoms with E-state index in [2.05, 4.69) is 5.16 Å². The number of hydroxylamine groups is 2. The lowest BCUT2D eigenvalue weighted by molar-refractivity contribution is -0.245. The molecule has 0 saturated carbocycles. The monoisotopic (exact) mass is 286 g/mol. The first-order valence-corrected chi connectivity index (χ1v) is 6.37. The van der Waals surface area contributed by atoms with Crippen molar-refractivity contribution in [1.82, 2.24) is 5.06 Å². The molecule has 3 atom stereocenters. The molecule has 2 rings (SSSR count). The highest BCUT2D eigenvalue weighted by Crippen LogP contribution is 2.37. The molecule has 1 N–H and O–H groups in total. The van der Waals surface area contributed by atoms with Crippen molar-refractivity contribution < 1.29 is 29.1 Å². The standard InChI is InChI=1S/C12H18N2O6/c1-7-5-19-11(16)12(3)4-9(20-14(7)12)6-18-10(15)8(2)13-17/h7,9,17H,4-6H2,1-3H3/b13-8+. The van der Waals surface area contributed by atoms with Gasteiger partial charge in [0.05, 0.1) is 6.04 Å². The van der Waals surface area contributed by atoms with Crippen LogP contribution in [0.15, 0.2) is 5.16 Å². The molecule has 2 saturated heterocycles. The van der Waals surface area contributed by atoms with Crippen LogP contribution >= 0.6 is 0 Å². The van der Waals surface area contributed by atoms with Crippen LogP contribution in [-0.4, -0.2) is 58.8 Å². The zero-order chi connectivity index (χ0) is 14.9. The van der Waals surface area contributed by atoms with E-state index in [0.717, 1.165) is 0 Å². The molecule has 20 heavy (non-hydrogen) atoms. The van der Waals surface area contributed by atoms with E-state index in [0.29, 0.717) is 6.42 Å². The van der Waals surface area contributed by atoms with E-state index in [1.54, 1.807) is 12.0 Å². The van der Waals surface area contributed by atoms with E-state index in [9.17, 15) is 9.59 Å². The molecular weight excluding hydrogens is 268 g/mol. The first-order valence-electron chi connectivity index (χ1n) is 6.37. The predicted molar refractivity (Wildman–Crippen MR) is 66.0 cm³/mol. The molecule has 3 unspecified atom stereocenters. The van der Waals surface area contributed by atoms with Gasteiger partial charge in [-0.2, -0.15) is 5.06 Å². The van der Waals surface area contributed by atoms with Gasteiger partial charge >= 0.3 is 11.9 Å². The fraction of sp³-hybridized carbons (Fsp3) is 0.750. The zero-order valence-corrected chi connectivity index (χ0v) is 11.7. The minimum absolute atomic E-state index is 0.0161. The smallest absolute Gasteiger partial charge is 0.355 e. The van der Waals surface area contributed by atoms with Gasteiger partial charge in [0, 0.05) is 6.42 Å². The largest absolute Gasteiger partial charge is 0.462 e. The molecule has 2 aliphatic heterocycles. The summed E-state index contributed by atoms with van der Waals surface area (Å²) >= 11 is 0. The molecular formula is C12H18N2O6. The first-order chi connectivity index (χ1) is 9.38. The molecule has 0 aromatic carbocycles. The van der Waals surface area contributed by atoms with Crippen LogP contribution in [0.5, 0.6) is 0 Å². The summed E-state index contributed by atoms with van der Waals surface area (Å²) in [7, 11) is 0. The second-order valence-corrected chi connectivity index (χ2v) is 5.26. The van der Waals surface area contributed by atoms with Crippen LogP contribution < -0.4 is 0 Å². The van der Waals surface area contributed by atoms with Crippen LogP contribution in [0, 0.1) is 0 Å². The van der Waals surface area contributed by atoms with E-state index in [-0.39, 0.29) is 30.9 Å². The SMILES string of the molecule is C/C(=N\O)C(=O)OCC1CC2(C)C(=O)OCC(C)N2O1. The summed E-state index contributed by atoms with van der Waals surface area (Å²) in [6.07, 6.45) is -0.0535. The van der Waals surface area contributed by atoms with Crippen LogP contribution in [0.1, 0.15) is 27.2 Å². The number of nitrogens with zero attached hydrogens (tertiary/aromatic N) is 2. The van der Waals surface area contributed by atoms with Crippen LogP contribution in [0.2, 0.25) is 0 Å². The summed E-state index contributed by atoms with van der Waals surface area (Å²) in [4.78, 5) is 28.9. The van der Waals surface area contributed by atoms with Crippen molar-refractivity contribution in [2.45, 2.75) is 44.9 Å². The molecule has 0 radical (unpaired) electrons. The number of fused-ring (bicyclic) bond motifs is 1. The maximum atomic E-state index is 11.9. The van der Waals surface area contributed by atoms with Gasteiger partial charge in [-0.25, -0.2) is 9.59 Å². The topological polar surface area (TPSA) is 97.7 Å². The van der Waals surface area contributed by atoms with Gasteiger partial charge in [-0.1, -0.05) is 5.16 Å². The van der Waals surface area contributed by atoms with E-state index in [4.69, 9.17) is 19.5 Å². The van der Waals surface area contributed by atoms with E-state index in [1.165, 1.54) is 6.92 Å². The second kappa shape index (κ2) is 5.37. The first kappa shape index (κ1) is 14.7. The van der Waals surface area contributed by atoms with Crippen LogP contribution in [0.4, 0.5) is 0 Å². The Hall–Kier alpha value is -1.67. The van der Waals surface area contributed by atoms with Gasteiger partial charge in [0.2, 0.25) is 0 Å². The van der Waals surface area contributed by atoms with E-state index < -0.39 is 17.6 Å². The fourth-order valence-electron chi connectivity index (χ4n) is 2.43. The van der Waals surface area contributed by atoms with Gasteiger partial charge < -0.3 is 14.7 Å². The summed E-state index contributed by atoms with van der Waals surface area (Å²) < 4.78 is 10.1. The number of hydrogen-bond donors (Lipinski definition) is 1. The van der Waals surface area contributed by atoms with E-state index >= 15 is 0 Å². The van der Waals surface area contributed by atoms with Crippen molar-refractivity contribution in [3.05, 3.63) is 0 Å². The van der Waals surface area contributed by atoms with Crippen LogP contribution in [-0.2, 0) is 23.9 Å². The van der Waals surface area contributed by atoms with Crippen molar-refractivity contribution in [3.8, 4) is 0 Å². The van der Waals surface area contributed by atoms with Crippen molar-refractivity contribution in [3.63, 3.8) is 0 Å². The maximum absolute atomic E-state index is 11.9. The fourth-order valence-corrected chi connectivity index (χ4v) is 2.43. The molecule has 0 spiro atoms. The molecule has 2 fully saturated rings. The quantitative estimate of drug-likeness (QED) is 0.340. The van der Waals surface area contributed by atoms with Crippen LogP contribution in [0.25, 0.3) is 0 Å². The molecule has 0 aromatic rings.